The van der Waals surface area contributed by atoms with Crippen LogP contribution in [0.1, 0.15) is 5.56 Å². The van der Waals surface area contributed by atoms with Crippen LogP contribution in [-0.2, 0) is 15.8 Å². The molecule has 2 aromatic heterocycles. The molecule has 0 bridgehead atoms. The number of anilines is 1. The Kier molecular flexibility index (Phi) is 5.44. The van der Waals surface area contributed by atoms with Gasteiger partial charge in [0.25, 0.3) is 0 Å². The fraction of sp³-hybridized carbons (Fsp3) is 0.0476. The van der Waals surface area contributed by atoms with Crippen molar-refractivity contribution in [1.82, 2.24) is 14.5 Å². The van der Waals surface area contributed by atoms with E-state index in [4.69, 9.17) is 4.74 Å². The molecule has 0 radical (unpaired) electrons. The molecule has 0 unspecified atom stereocenters. The topological polar surface area (TPSA) is 86.1 Å². The summed E-state index contributed by atoms with van der Waals surface area (Å²) in [5.74, 6) is 0.695. The molecule has 0 fully saturated rings. The first kappa shape index (κ1) is 19.6. The Morgan fingerprint density at radius 3 is 2.47 bits per heavy atom. The Labute approximate surface area is 172 Å². The van der Waals surface area contributed by atoms with E-state index in [9.17, 15) is 12.8 Å². The Morgan fingerprint density at radius 2 is 1.73 bits per heavy atom. The molecule has 7 nitrogen and oxygen atoms in total. The molecule has 1 N–H and O–H groups in total. The maximum atomic E-state index is 13.3. The number of rotatable bonds is 7. The van der Waals surface area contributed by atoms with Crippen LogP contribution in [0, 0.1) is 5.82 Å². The van der Waals surface area contributed by atoms with Gasteiger partial charge in [-0.15, -0.1) is 0 Å². The lowest BCUT2D eigenvalue weighted by molar-refractivity contribution is 0.461. The van der Waals surface area contributed by atoms with Crippen LogP contribution in [0.15, 0.2) is 85.5 Å². The van der Waals surface area contributed by atoms with Crippen molar-refractivity contribution in [2.24, 2.45) is 0 Å². The average molecular weight is 424 g/mol. The largest absolute Gasteiger partial charge is 0.439 e. The van der Waals surface area contributed by atoms with Gasteiger partial charge >= 0.3 is 0 Å². The molecule has 2 aromatic carbocycles. The quantitative estimate of drug-likeness (QED) is 0.482. The van der Waals surface area contributed by atoms with Crippen LogP contribution >= 0.6 is 0 Å². The molecule has 0 aliphatic rings. The molecule has 0 spiro atoms. The zero-order valence-electron chi connectivity index (χ0n) is 15.6. The van der Waals surface area contributed by atoms with Crippen LogP contribution in [0.2, 0.25) is 0 Å². The molecule has 0 aliphatic heterocycles. The van der Waals surface area contributed by atoms with E-state index in [2.05, 4.69) is 14.7 Å². The Hall–Kier alpha value is -3.72. The van der Waals surface area contributed by atoms with Crippen molar-refractivity contribution in [1.29, 1.82) is 0 Å². The molecule has 0 amide bonds. The van der Waals surface area contributed by atoms with Crippen molar-refractivity contribution in [2.45, 2.75) is 5.75 Å². The number of nitrogens with one attached hydrogen (secondary N) is 1. The monoisotopic (exact) mass is 424 g/mol. The second kappa shape index (κ2) is 8.34. The molecule has 0 saturated heterocycles. The number of hydrogen-bond acceptors (Lipinski definition) is 5. The van der Waals surface area contributed by atoms with Gasteiger partial charge in [0, 0.05) is 24.1 Å². The highest BCUT2D eigenvalue weighted by Gasteiger charge is 2.12. The minimum absolute atomic E-state index is 0.327. The van der Waals surface area contributed by atoms with Gasteiger partial charge in [0.05, 0.1) is 5.75 Å². The van der Waals surface area contributed by atoms with Gasteiger partial charge in [0.2, 0.25) is 15.9 Å². The van der Waals surface area contributed by atoms with Crippen LogP contribution < -0.4 is 9.46 Å². The van der Waals surface area contributed by atoms with E-state index in [0.29, 0.717) is 28.7 Å². The lowest BCUT2D eigenvalue weighted by Gasteiger charge is -2.10. The van der Waals surface area contributed by atoms with Crippen LogP contribution in [0.4, 0.5) is 10.1 Å². The Morgan fingerprint density at radius 1 is 0.967 bits per heavy atom. The number of nitrogens with zero attached hydrogens (tertiary/aromatic N) is 3. The molecule has 4 rings (SSSR count). The third-order valence-electron chi connectivity index (χ3n) is 4.09. The fourth-order valence-electron chi connectivity index (χ4n) is 2.79. The lowest BCUT2D eigenvalue weighted by Crippen LogP contribution is -2.15. The van der Waals surface area contributed by atoms with E-state index in [1.54, 1.807) is 36.4 Å². The molecule has 2 heterocycles. The van der Waals surface area contributed by atoms with Crippen molar-refractivity contribution in [3.63, 3.8) is 0 Å². The summed E-state index contributed by atoms with van der Waals surface area (Å²) in [6.45, 7) is 0. The summed E-state index contributed by atoms with van der Waals surface area (Å²) in [5.41, 5.74) is 0.735. The standard InChI is InChI=1S/C21H17FN4O3S/c22-17-5-3-4-16(12-17)14-30(27,28)25-18-6-8-19(9-7-18)29-21-13-20(23-15-24-21)26-10-1-2-11-26/h1-13,15,25H,14H2. The molecule has 0 saturated carbocycles. The van der Waals surface area contributed by atoms with Crippen LogP contribution in [0.3, 0.4) is 0 Å². The Bertz CT molecular complexity index is 1240. The lowest BCUT2D eigenvalue weighted by atomic mass is 10.2. The second-order valence-corrected chi connectivity index (χ2v) is 8.14. The zero-order valence-corrected chi connectivity index (χ0v) is 16.5. The molecule has 0 aliphatic carbocycles. The minimum atomic E-state index is -3.69. The second-order valence-electron chi connectivity index (χ2n) is 6.42. The summed E-state index contributed by atoms with van der Waals surface area (Å²) in [5, 5.41) is 0. The maximum absolute atomic E-state index is 13.3. The molecule has 4 aromatic rings. The SMILES string of the molecule is O=S(=O)(Cc1cccc(F)c1)Nc1ccc(Oc2cc(-n3cccc3)ncn2)cc1. The number of halogens is 1. The van der Waals surface area contributed by atoms with Crippen LogP contribution in [0.5, 0.6) is 11.6 Å². The normalized spacial score (nSPS) is 11.2. The molecule has 0 atom stereocenters. The first-order valence-electron chi connectivity index (χ1n) is 8.95. The third-order valence-corrected chi connectivity index (χ3v) is 5.35. The first-order valence-corrected chi connectivity index (χ1v) is 10.6. The van der Waals surface area contributed by atoms with Gasteiger partial charge in [0.1, 0.15) is 23.7 Å². The summed E-state index contributed by atoms with van der Waals surface area (Å²) in [7, 11) is -3.69. The fourth-order valence-corrected chi connectivity index (χ4v) is 3.97. The summed E-state index contributed by atoms with van der Waals surface area (Å²) < 4.78 is 47.9. The van der Waals surface area contributed by atoms with Crippen molar-refractivity contribution in [3.05, 3.63) is 96.8 Å². The number of benzene rings is 2. The van der Waals surface area contributed by atoms with Crippen molar-refractivity contribution in [2.75, 3.05) is 4.72 Å². The summed E-state index contributed by atoms with van der Waals surface area (Å²) in [6, 6.07) is 17.3. The van der Waals surface area contributed by atoms with E-state index in [1.165, 1.54) is 24.5 Å². The van der Waals surface area contributed by atoms with Crippen molar-refractivity contribution >= 4 is 15.7 Å². The van der Waals surface area contributed by atoms with Gasteiger partial charge in [-0.2, -0.15) is 0 Å². The van der Waals surface area contributed by atoms with Gasteiger partial charge < -0.3 is 9.30 Å². The number of aromatic nitrogens is 3. The van der Waals surface area contributed by atoms with Gasteiger partial charge in [0.15, 0.2) is 0 Å². The molecular formula is C21H17FN4O3S. The Balaban J connectivity index is 1.42. The first-order chi connectivity index (χ1) is 14.5. The van der Waals surface area contributed by atoms with Gasteiger partial charge in [-0.25, -0.2) is 22.8 Å². The summed E-state index contributed by atoms with van der Waals surface area (Å²) in [6.07, 6.45) is 5.12. The van der Waals surface area contributed by atoms with Gasteiger partial charge in [-0.05, 0) is 54.1 Å². The van der Waals surface area contributed by atoms with Gasteiger partial charge in [-0.1, -0.05) is 12.1 Å². The number of sulfonamides is 1. The highest BCUT2D eigenvalue weighted by molar-refractivity contribution is 7.91. The van der Waals surface area contributed by atoms with Crippen LogP contribution in [-0.4, -0.2) is 23.0 Å². The highest BCUT2D eigenvalue weighted by atomic mass is 32.2. The third kappa shape index (κ3) is 5.00. The molecule has 152 valence electrons. The molecule has 9 heteroatoms. The van der Waals surface area contributed by atoms with Gasteiger partial charge in [-0.3, -0.25) is 4.72 Å². The number of ether oxygens (including phenoxy) is 1. The van der Waals surface area contributed by atoms with Crippen molar-refractivity contribution < 1.29 is 17.5 Å². The average Bonchev–Trinajstić information content (AvgIpc) is 3.24. The predicted octanol–water partition coefficient (Wildman–Crippen LogP) is 4.14. The number of hydrogen-bond donors (Lipinski definition) is 1. The van der Waals surface area contributed by atoms with Crippen LogP contribution in [0.25, 0.3) is 5.82 Å². The summed E-state index contributed by atoms with van der Waals surface area (Å²) in [4.78, 5) is 8.28. The zero-order chi connectivity index (χ0) is 21.0. The van der Waals surface area contributed by atoms with E-state index >= 15 is 0 Å². The summed E-state index contributed by atoms with van der Waals surface area (Å²) >= 11 is 0. The van der Waals surface area contributed by atoms with E-state index < -0.39 is 15.8 Å². The smallest absolute Gasteiger partial charge is 0.236 e. The van der Waals surface area contributed by atoms with E-state index in [0.717, 1.165) is 0 Å². The molecular weight excluding hydrogens is 407 g/mol. The predicted molar refractivity (Wildman–Crippen MR) is 111 cm³/mol. The molecule has 30 heavy (non-hydrogen) atoms. The van der Waals surface area contributed by atoms with Crippen molar-refractivity contribution in [3.8, 4) is 17.4 Å². The maximum Gasteiger partial charge on any atom is 0.236 e. The minimum Gasteiger partial charge on any atom is -0.439 e. The van der Waals surface area contributed by atoms with E-state index in [-0.39, 0.29) is 5.75 Å². The highest BCUT2D eigenvalue weighted by Crippen LogP contribution is 2.23. The van der Waals surface area contributed by atoms with E-state index in [1.807, 2.05) is 29.1 Å².